The van der Waals surface area contributed by atoms with Gasteiger partial charge in [-0.3, -0.25) is 0 Å². The molecule has 3 nitrogen and oxygen atoms in total. The second-order valence-electron chi connectivity index (χ2n) is 5.91. The van der Waals surface area contributed by atoms with Crippen LogP contribution in [0.3, 0.4) is 0 Å². The van der Waals surface area contributed by atoms with Crippen LogP contribution in [-0.4, -0.2) is 26.2 Å². The van der Waals surface area contributed by atoms with E-state index in [2.05, 4.69) is 94.4 Å². The molecule has 25 heavy (non-hydrogen) atoms. The van der Waals surface area contributed by atoms with Crippen LogP contribution >= 0.6 is 0 Å². The van der Waals surface area contributed by atoms with E-state index in [1.165, 1.54) is 5.69 Å². The van der Waals surface area contributed by atoms with E-state index in [0.717, 1.165) is 37.6 Å². The maximum absolute atomic E-state index is 3.49. The van der Waals surface area contributed by atoms with E-state index in [9.17, 15) is 0 Å². The Morgan fingerprint density at radius 3 is 1.36 bits per heavy atom. The first-order chi connectivity index (χ1) is 12.4. The molecule has 0 spiro atoms. The maximum Gasteiger partial charge on any atom is 0.0367 e. The number of nitrogens with zero attached hydrogens (tertiary/aromatic N) is 1. The highest BCUT2D eigenvalue weighted by atomic mass is 15.2. The third-order valence-electron chi connectivity index (χ3n) is 4.09. The van der Waals surface area contributed by atoms with Gasteiger partial charge in [0.1, 0.15) is 0 Å². The van der Waals surface area contributed by atoms with Crippen LogP contribution in [0.4, 0.5) is 17.1 Å². The molecule has 0 saturated heterocycles. The Balaban J connectivity index is 1.54. The summed E-state index contributed by atoms with van der Waals surface area (Å²) in [6.45, 7) is 3.72. The van der Waals surface area contributed by atoms with Crippen molar-refractivity contribution in [2.75, 3.05) is 41.7 Å². The van der Waals surface area contributed by atoms with Crippen molar-refractivity contribution in [1.29, 1.82) is 0 Å². The third kappa shape index (κ3) is 5.57. The average Bonchev–Trinajstić information content (AvgIpc) is 2.69. The van der Waals surface area contributed by atoms with Gasteiger partial charge in [0.05, 0.1) is 0 Å². The summed E-state index contributed by atoms with van der Waals surface area (Å²) in [6, 6.07) is 31.3. The van der Waals surface area contributed by atoms with Crippen LogP contribution in [0.5, 0.6) is 0 Å². The Morgan fingerprint density at radius 2 is 0.920 bits per heavy atom. The lowest BCUT2D eigenvalue weighted by atomic mass is 10.2. The number of nitrogens with one attached hydrogen (secondary N) is 2. The predicted octanol–water partition coefficient (Wildman–Crippen LogP) is 4.72. The second kappa shape index (κ2) is 9.38. The molecular weight excluding hydrogens is 306 g/mol. The minimum atomic E-state index is 0.907. The van der Waals surface area contributed by atoms with Gasteiger partial charge in [0.25, 0.3) is 0 Å². The van der Waals surface area contributed by atoms with Crippen LogP contribution in [0.1, 0.15) is 0 Å². The minimum Gasteiger partial charge on any atom is -0.383 e. The fourth-order valence-electron chi connectivity index (χ4n) is 2.79. The molecule has 0 bridgehead atoms. The molecular formula is C22H25N3. The molecule has 3 aromatic carbocycles. The first kappa shape index (κ1) is 16.9. The number of hydrogen-bond acceptors (Lipinski definition) is 3. The summed E-state index contributed by atoms with van der Waals surface area (Å²) in [5, 5.41) is 6.98. The van der Waals surface area contributed by atoms with Gasteiger partial charge in [-0.15, -0.1) is 0 Å². The third-order valence-corrected chi connectivity index (χ3v) is 4.09. The van der Waals surface area contributed by atoms with Gasteiger partial charge in [-0.2, -0.15) is 0 Å². The Bertz CT molecular complexity index is 669. The highest BCUT2D eigenvalue weighted by molar-refractivity contribution is 5.48. The molecule has 0 fully saturated rings. The Hall–Kier alpha value is -2.94. The zero-order valence-electron chi connectivity index (χ0n) is 14.4. The summed E-state index contributed by atoms with van der Waals surface area (Å²) >= 11 is 0. The molecule has 0 heterocycles. The monoisotopic (exact) mass is 331 g/mol. The molecule has 0 atom stereocenters. The lowest BCUT2D eigenvalue weighted by Crippen LogP contribution is -2.33. The van der Waals surface area contributed by atoms with Gasteiger partial charge in [0.2, 0.25) is 0 Å². The van der Waals surface area contributed by atoms with Crippen molar-refractivity contribution in [1.82, 2.24) is 0 Å². The van der Waals surface area contributed by atoms with E-state index in [1.807, 2.05) is 12.1 Å². The molecule has 3 rings (SSSR count). The molecule has 2 N–H and O–H groups in total. The van der Waals surface area contributed by atoms with Gasteiger partial charge in [0, 0.05) is 43.2 Å². The molecule has 3 heteroatoms. The fourth-order valence-corrected chi connectivity index (χ4v) is 2.79. The van der Waals surface area contributed by atoms with Gasteiger partial charge in [-0.05, 0) is 36.4 Å². The Kier molecular flexibility index (Phi) is 6.34. The first-order valence-corrected chi connectivity index (χ1v) is 8.80. The first-order valence-electron chi connectivity index (χ1n) is 8.80. The highest BCUT2D eigenvalue weighted by Gasteiger charge is 2.05. The van der Waals surface area contributed by atoms with E-state index >= 15 is 0 Å². The normalized spacial score (nSPS) is 10.2. The molecule has 0 aliphatic rings. The highest BCUT2D eigenvalue weighted by Crippen LogP contribution is 2.13. The zero-order chi connectivity index (χ0) is 17.2. The lowest BCUT2D eigenvalue weighted by Gasteiger charge is -2.25. The number of anilines is 3. The molecule has 0 aliphatic carbocycles. The second-order valence-corrected chi connectivity index (χ2v) is 5.91. The summed E-state index contributed by atoms with van der Waals surface area (Å²) in [5.74, 6) is 0. The van der Waals surface area contributed by atoms with Crippen molar-refractivity contribution < 1.29 is 0 Å². The standard InChI is InChI=1S/C22H25N3/c1-4-10-20(11-5-1)23-16-18-25(22-14-8-3-9-15-22)19-17-24-21-12-6-2-7-13-21/h1-15,23-24H,16-19H2. The minimum absolute atomic E-state index is 0.907. The molecule has 0 radical (unpaired) electrons. The van der Waals surface area contributed by atoms with Gasteiger partial charge < -0.3 is 15.5 Å². The number of rotatable bonds is 9. The fraction of sp³-hybridized carbons (Fsp3) is 0.182. The summed E-state index contributed by atoms with van der Waals surface area (Å²) in [7, 11) is 0. The lowest BCUT2D eigenvalue weighted by molar-refractivity contribution is 0.811. The van der Waals surface area contributed by atoms with Gasteiger partial charge >= 0.3 is 0 Å². The molecule has 128 valence electrons. The van der Waals surface area contributed by atoms with Gasteiger partial charge in [0.15, 0.2) is 0 Å². The van der Waals surface area contributed by atoms with Crippen molar-refractivity contribution in [3.8, 4) is 0 Å². The maximum atomic E-state index is 3.49. The number of para-hydroxylation sites is 3. The Morgan fingerprint density at radius 1 is 0.520 bits per heavy atom. The molecule has 0 unspecified atom stereocenters. The summed E-state index contributed by atoms with van der Waals surface area (Å²) in [4.78, 5) is 2.41. The van der Waals surface area contributed by atoms with Crippen LogP contribution in [0, 0.1) is 0 Å². The van der Waals surface area contributed by atoms with Crippen molar-refractivity contribution in [3.63, 3.8) is 0 Å². The quantitative estimate of drug-likeness (QED) is 0.594. The predicted molar refractivity (Wildman–Crippen MR) is 109 cm³/mol. The SMILES string of the molecule is c1ccc(NCCN(CCNc2ccccc2)c2ccccc2)cc1. The molecule has 3 aromatic rings. The molecule has 0 saturated carbocycles. The van der Waals surface area contributed by atoms with E-state index < -0.39 is 0 Å². The van der Waals surface area contributed by atoms with Crippen LogP contribution < -0.4 is 15.5 Å². The topological polar surface area (TPSA) is 27.3 Å². The van der Waals surface area contributed by atoms with Gasteiger partial charge in [-0.25, -0.2) is 0 Å². The van der Waals surface area contributed by atoms with E-state index in [0.29, 0.717) is 0 Å². The van der Waals surface area contributed by atoms with Crippen molar-refractivity contribution in [3.05, 3.63) is 91.0 Å². The van der Waals surface area contributed by atoms with Crippen LogP contribution in [0.2, 0.25) is 0 Å². The number of benzene rings is 3. The van der Waals surface area contributed by atoms with Crippen LogP contribution in [0.25, 0.3) is 0 Å². The van der Waals surface area contributed by atoms with Gasteiger partial charge in [-0.1, -0.05) is 54.6 Å². The summed E-state index contributed by atoms with van der Waals surface area (Å²) in [5.41, 5.74) is 3.59. The van der Waals surface area contributed by atoms with Crippen molar-refractivity contribution >= 4 is 17.1 Å². The number of hydrogen-bond donors (Lipinski definition) is 2. The van der Waals surface area contributed by atoms with E-state index in [1.54, 1.807) is 0 Å². The van der Waals surface area contributed by atoms with Crippen molar-refractivity contribution in [2.24, 2.45) is 0 Å². The van der Waals surface area contributed by atoms with E-state index in [-0.39, 0.29) is 0 Å². The Labute approximate surface area is 150 Å². The largest absolute Gasteiger partial charge is 0.383 e. The molecule has 0 aliphatic heterocycles. The summed E-state index contributed by atoms with van der Waals surface area (Å²) < 4.78 is 0. The average molecular weight is 331 g/mol. The molecule has 0 aromatic heterocycles. The zero-order valence-corrected chi connectivity index (χ0v) is 14.4. The van der Waals surface area contributed by atoms with Crippen molar-refractivity contribution in [2.45, 2.75) is 0 Å². The van der Waals surface area contributed by atoms with Crippen LogP contribution in [0.15, 0.2) is 91.0 Å². The van der Waals surface area contributed by atoms with E-state index in [4.69, 9.17) is 0 Å². The van der Waals surface area contributed by atoms with Crippen LogP contribution in [-0.2, 0) is 0 Å². The summed E-state index contributed by atoms with van der Waals surface area (Å²) in [6.07, 6.45) is 0. The molecule has 0 amide bonds. The smallest absolute Gasteiger partial charge is 0.0367 e.